The Hall–Kier alpha value is -0.120. The molecule has 0 amide bonds. The van der Waals surface area contributed by atoms with Gasteiger partial charge >= 0.3 is 0 Å². The molecule has 0 rings (SSSR count). The van der Waals surface area contributed by atoms with Gasteiger partial charge in [0.15, 0.2) is 0 Å². The number of rotatable bonds is 5. The molecule has 3 nitrogen and oxygen atoms in total. The zero-order chi connectivity index (χ0) is 6.24. The van der Waals surface area contributed by atoms with Crippen LogP contribution in [0.3, 0.4) is 0 Å². The number of hydrazine groups is 1. The number of nitrogens with one attached hydrogen (secondary N) is 1. The largest absolute Gasteiger partial charge is 0.287 e. The summed E-state index contributed by atoms with van der Waals surface area (Å²) in [6, 6.07) is 0. The van der Waals surface area contributed by atoms with E-state index in [0.29, 0.717) is 6.61 Å². The lowest BCUT2D eigenvalue weighted by molar-refractivity contribution is 0.0387. The zero-order valence-electron chi connectivity index (χ0n) is 5.31. The topological polar surface area (TPSA) is 47.3 Å². The minimum atomic E-state index is 0.713. The molecule has 8 heavy (non-hydrogen) atoms. The molecular formula is C5H14N2O. The fourth-order valence-corrected chi connectivity index (χ4v) is 0.483. The fraction of sp³-hybridized carbons (Fsp3) is 1.00. The van der Waals surface area contributed by atoms with Crippen LogP contribution in [0.4, 0.5) is 0 Å². The zero-order valence-corrected chi connectivity index (χ0v) is 5.31. The van der Waals surface area contributed by atoms with Crippen molar-refractivity contribution in [2.75, 3.05) is 6.61 Å². The molecule has 3 N–H and O–H groups in total. The Morgan fingerprint density at radius 1 is 1.50 bits per heavy atom. The first-order valence-corrected chi connectivity index (χ1v) is 2.99. The van der Waals surface area contributed by atoms with Crippen molar-refractivity contribution in [2.45, 2.75) is 26.2 Å². The van der Waals surface area contributed by atoms with E-state index in [-0.39, 0.29) is 0 Å². The van der Waals surface area contributed by atoms with E-state index in [1.807, 2.05) is 0 Å². The van der Waals surface area contributed by atoms with Gasteiger partial charge in [0, 0.05) is 0 Å². The number of unbranched alkanes of at least 4 members (excludes halogenated alkanes) is 2. The second kappa shape index (κ2) is 6.88. The van der Waals surface area contributed by atoms with Crippen molar-refractivity contribution in [3.8, 4) is 0 Å². The maximum atomic E-state index is 4.84. The molecule has 0 saturated carbocycles. The van der Waals surface area contributed by atoms with Crippen LogP contribution in [-0.4, -0.2) is 6.61 Å². The Morgan fingerprint density at radius 2 is 2.25 bits per heavy atom. The van der Waals surface area contributed by atoms with Gasteiger partial charge in [-0.15, -0.1) is 5.59 Å². The van der Waals surface area contributed by atoms with Crippen LogP contribution < -0.4 is 11.4 Å². The summed E-state index contributed by atoms with van der Waals surface area (Å²) in [6.45, 7) is 2.86. The summed E-state index contributed by atoms with van der Waals surface area (Å²) >= 11 is 0. The van der Waals surface area contributed by atoms with Crippen molar-refractivity contribution in [3.05, 3.63) is 0 Å². The number of hydrogen-bond acceptors (Lipinski definition) is 3. The highest BCUT2D eigenvalue weighted by Crippen LogP contribution is 1.91. The summed E-state index contributed by atoms with van der Waals surface area (Å²) in [6.07, 6.45) is 3.51. The summed E-state index contributed by atoms with van der Waals surface area (Å²) in [4.78, 5) is 4.66. The maximum Gasteiger partial charge on any atom is 0.0698 e. The van der Waals surface area contributed by atoms with Crippen LogP contribution in [0.5, 0.6) is 0 Å². The molecule has 3 heteroatoms. The Labute approximate surface area is 50.1 Å². The third kappa shape index (κ3) is 5.88. The number of hydrogen-bond donors (Lipinski definition) is 2. The summed E-state index contributed by atoms with van der Waals surface area (Å²) in [5.41, 5.74) is 2.13. The van der Waals surface area contributed by atoms with E-state index in [1.54, 1.807) is 0 Å². The van der Waals surface area contributed by atoms with Crippen molar-refractivity contribution >= 4 is 0 Å². The summed E-state index contributed by atoms with van der Waals surface area (Å²) in [5, 5.41) is 0. The standard InChI is InChI=1S/C5H14N2O/c1-2-3-4-5-8-7-6/h7H,2-6H2,1H3. The van der Waals surface area contributed by atoms with Crippen molar-refractivity contribution in [1.29, 1.82) is 0 Å². The molecule has 0 bridgehead atoms. The highest BCUT2D eigenvalue weighted by atomic mass is 16.7. The van der Waals surface area contributed by atoms with E-state index in [4.69, 9.17) is 5.84 Å². The van der Waals surface area contributed by atoms with Gasteiger partial charge in [-0.3, -0.25) is 4.84 Å². The fourth-order valence-electron chi connectivity index (χ4n) is 0.483. The molecule has 0 spiro atoms. The minimum absolute atomic E-state index is 0.713. The molecule has 0 aromatic rings. The molecule has 0 aliphatic rings. The quantitative estimate of drug-likeness (QED) is 0.315. The van der Waals surface area contributed by atoms with Gasteiger partial charge in [-0.05, 0) is 6.42 Å². The molecular weight excluding hydrogens is 104 g/mol. The highest BCUT2D eigenvalue weighted by Gasteiger charge is 1.82. The predicted octanol–water partition coefficient (Wildman–Crippen LogP) is 0.572. The monoisotopic (exact) mass is 118 g/mol. The molecule has 0 aromatic carbocycles. The molecule has 0 aliphatic heterocycles. The van der Waals surface area contributed by atoms with Gasteiger partial charge in [0.2, 0.25) is 0 Å². The van der Waals surface area contributed by atoms with Crippen molar-refractivity contribution in [2.24, 2.45) is 5.84 Å². The van der Waals surface area contributed by atoms with Crippen LogP contribution in [0, 0.1) is 0 Å². The lowest BCUT2D eigenvalue weighted by atomic mass is 10.3. The van der Waals surface area contributed by atoms with E-state index >= 15 is 0 Å². The third-order valence-corrected chi connectivity index (χ3v) is 0.933. The summed E-state index contributed by atoms with van der Waals surface area (Å²) < 4.78 is 0. The first kappa shape index (κ1) is 7.88. The SMILES string of the molecule is CCCCCONN. The first-order chi connectivity index (χ1) is 3.91. The van der Waals surface area contributed by atoms with Gasteiger partial charge in [-0.1, -0.05) is 19.8 Å². The molecule has 0 atom stereocenters. The summed E-state index contributed by atoms with van der Waals surface area (Å²) in [5.74, 6) is 4.84. The smallest absolute Gasteiger partial charge is 0.0698 e. The Morgan fingerprint density at radius 3 is 2.75 bits per heavy atom. The van der Waals surface area contributed by atoms with Crippen LogP contribution in [0.15, 0.2) is 0 Å². The second-order valence-corrected chi connectivity index (χ2v) is 1.67. The van der Waals surface area contributed by atoms with Crippen molar-refractivity contribution < 1.29 is 4.84 Å². The molecule has 0 fully saturated rings. The van der Waals surface area contributed by atoms with Gasteiger partial charge in [0.1, 0.15) is 0 Å². The molecule has 0 heterocycles. The van der Waals surface area contributed by atoms with Crippen LogP contribution in [0.1, 0.15) is 26.2 Å². The van der Waals surface area contributed by atoms with Crippen LogP contribution in [0.2, 0.25) is 0 Å². The Balaban J connectivity index is 2.53. The first-order valence-electron chi connectivity index (χ1n) is 2.99. The Bertz CT molecular complexity index is 35.4. The molecule has 0 radical (unpaired) electrons. The van der Waals surface area contributed by atoms with Gasteiger partial charge < -0.3 is 0 Å². The molecule has 0 saturated heterocycles. The van der Waals surface area contributed by atoms with Gasteiger partial charge in [0.05, 0.1) is 6.61 Å². The molecule has 0 aromatic heterocycles. The van der Waals surface area contributed by atoms with Crippen molar-refractivity contribution in [3.63, 3.8) is 0 Å². The molecule has 0 aliphatic carbocycles. The maximum absolute atomic E-state index is 4.84. The van der Waals surface area contributed by atoms with E-state index in [2.05, 4.69) is 17.4 Å². The highest BCUT2D eigenvalue weighted by molar-refractivity contribution is 4.32. The second-order valence-electron chi connectivity index (χ2n) is 1.67. The number of nitrogens with two attached hydrogens (primary N) is 1. The van der Waals surface area contributed by atoms with E-state index in [9.17, 15) is 0 Å². The van der Waals surface area contributed by atoms with E-state index < -0.39 is 0 Å². The van der Waals surface area contributed by atoms with E-state index in [0.717, 1.165) is 6.42 Å². The van der Waals surface area contributed by atoms with Crippen LogP contribution in [-0.2, 0) is 4.84 Å². The lowest BCUT2D eigenvalue weighted by Gasteiger charge is -1.97. The Kier molecular flexibility index (Phi) is 6.78. The average molecular weight is 118 g/mol. The molecule has 50 valence electrons. The van der Waals surface area contributed by atoms with Crippen LogP contribution in [0.25, 0.3) is 0 Å². The predicted molar refractivity (Wildman–Crippen MR) is 32.8 cm³/mol. The molecule has 0 unspecified atom stereocenters. The minimum Gasteiger partial charge on any atom is -0.287 e. The van der Waals surface area contributed by atoms with Gasteiger partial charge in [-0.2, -0.15) is 0 Å². The van der Waals surface area contributed by atoms with Gasteiger partial charge in [0.25, 0.3) is 0 Å². The van der Waals surface area contributed by atoms with Crippen LogP contribution >= 0.6 is 0 Å². The lowest BCUT2D eigenvalue weighted by Crippen LogP contribution is -2.22. The van der Waals surface area contributed by atoms with E-state index in [1.165, 1.54) is 12.8 Å². The summed E-state index contributed by atoms with van der Waals surface area (Å²) in [7, 11) is 0. The van der Waals surface area contributed by atoms with Gasteiger partial charge in [-0.25, -0.2) is 5.84 Å². The average Bonchev–Trinajstić information content (AvgIpc) is 1.81. The normalized spacial score (nSPS) is 9.75. The third-order valence-electron chi connectivity index (χ3n) is 0.933. The van der Waals surface area contributed by atoms with Crippen molar-refractivity contribution in [1.82, 2.24) is 5.59 Å².